The normalized spacial score (nSPS) is 18.1. The molecule has 3 aromatic carbocycles. The highest BCUT2D eigenvalue weighted by molar-refractivity contribution is 7.80. The van der Waals surface area contributed by atoms with Crippen molar-refractivity contribution < 1.29 is 9.59 Å². The van der Waals surface area contributed by atoms with Gasteiger partial charge in [0.05, 0.1) is 0 Å². The molecular formula is C21H15Cl2N3O2S. The molecule has 2 amide bonds. The lowest BCUT2D eigenvalue weighted by Crippen LogP contribution is -2.47. The molecule has 0 bridgehead atoms. The van der Waals surface area contributed by atoms with Crippen molar-refractivity contribution in [3.05, 3.63) is 75.8 Å². The van der Waals surface area contributed by atoms with E-state index in [1.807, 2.05) is 36.4 Å². The Kier molecular flexibility index (Phi) is 5.17. The van der Waals surface area contributed by atoms with Crippen LogP contribution in [-0.2, 0) is 9.59 Å². The quantitative estimate of drug-likeness (QED) is 0.409. The lowest BCUT2D eigenvalue weighted by Gasteiger charge is -2.34. The number of amides is 2. The number of thiocarbonyl (C=S) groups is 1. The number of fused-ring (bicyclic) bond motifs is 3. The second-order valence-electron chi connectivity index (χ2n) is 6.71. The summed E-state index contributed by atoms with van der Waals surface area (Å²) in [6.45, 7) is 0. The SMILES string of the molecule is NC(=S)NC(=O)C1C(=O)Nc2ccc3ccccc3c2C1c1ccc(Cl)cc1Cl. The standard InChI is InChI=1S/C21H15Cl2N3O2S/c22-11-6-7-13(14(23)9-11)17-16-12-4-2-1-3-10(12)5-8-15(16)25-19(27)18(17)20(28)26-21(24)29/h1-9,17-18H,(H,25,27)(H3,24,26,28,29). The first-order chi connectivity index (χ1) is 13.9. The van der Waals surface area contributed by atoms with Crippen LogP contribution in [-0.4, -0.2) is 16.9 Å². The molecule has 0 radical (unpaired) electrons. The van der Waals surface area contributed by atoms with Crippen LogP contribution in [0.5, 0.6) is 0 Å². The lowest BCUT2D eigenvalue weighted by molar-refractivity contribution is -0.132. The Hall–Kier alpha value is -2.67. The molecule has 0 fully saturated rings. The van der Waals surface area contributed by atoms with E-state index in [4.69, 9.17) is 41.2 Å². The lowest BCUT2D eigenvalue weighted by atomic mass is 9.75. The molecule has 2 atom stereocenters. The second kappa shape index (κ2) is 7.63. The van der Waals surface area contributed by atoms with Gasteiger partial charge in [-0.1, -0.05) is 59.6 Å². The first kappa shape index (κ1) is 19.6. The van der Waals surface area contributed by atoms with E-state index in [9.17, 15) is 9.59 Å². The number of carbonyl (C=O) groups excluding carboxylic acids is 2. The average Bonchev–Trinajstić information content (AvgIpc) is 2.66. The summed E-state index contributed by atoms with van der Waals surface area (Å²) in [6.07, 6.45) is 0. The van der Waals surface area contributed by atoms with Crippen LogP contribution in [0.4, 0.5) is 5.69 Å². The van der Waals surface area contributed by atoms with E-state index in [0.29, 0.717) is 21.3 Å². The van der Waals surface area contributed by atoms with Crippen molar-refractivity contribution in [3.8, 4) is 0 Å². The highest BCUT2D eigenvalue weighted by Gasteiger charge is 2.43. The third-order valence-corrected chi connectivity index (χ3v) is 5.65. The number of hydrogen-bond donors (Lipinski definition) is 3. The maximum atomic E-state index is 13.0. The van der Waals surface area contributed by atoms with Gasteiger partial charge in [-0.05, 0) is 52.3 Å². The topological polar surface area (TPSA) is 84.2 Å². The van der Waals surface area contributed by atoms with Gasteiger partial charge in [0, 0.05) is 21.7 Å². The van der Waals surface area contributed by atoms with Crippen molar-refractivity contribution in [3.63, 3.8) is 0 Å². The minimum Gasteiger partial charge on any atom is -0.376 e. The average molecular weight is 444 g/mol. The fraction of sp³-hybridized carbons (Fsp3) is 0.0952. The number of nitrogens with one attached hydrogen (secondary N) is 2. The number of anilines is 1. The zero-order chi connectivity index (χ0) is 20.7. The van der Waals surface area contributed by atoms with E-state index >= 15 is 0 Å². The van der Waals surface area contributed by atoms with Crippen molar-refractivity contribution in [1.29, 1.82) is 0 Å². The molecule has 0 saturated carbocycles. The fourth-order valence-corrected chi connectivity index (χ4v) is 4.45. The third kappa shape index (κ3) is 3.55. The van der Waals surface area contributed by atoms with Gasteiger partial charge in [-0.15, -0.1) is 0 Å². The van der Waals surface area contributed by atoms with Crippen molar-refractivity contribution in [2.24, 2.45) is 11.7 Å². The predicted octanol–water partition coefficient (Wildman–Crippen LogP) is 4.21. The van der Waals surface area contributed by atoms with Crippen molar-refractivity contribution in [2.45, 2.75) is 5.92 Å². The number of hydrogen-bond acceptors (Lipinski definition) is 3. The van der Waals surface area contributed by atoms with E-state index in [1.165, 1.54) is 0 Å². The monoisotopic (exact) mass is 443 g/mol. The van der Waals surface area contributed by atoms with Gasteiger partial charge in [0.2, 0.25) is 11.8 Å². The summed E-state index contributed by atoms with van der Waals surface area (Å²) in [5, 5.41) is 7.74. The van der Waals surface area contributed by atoms with Gasteiger partial charge in [-0.3, -0.25) is 9.59 Å². The number of rotatable bonds is 2. The van der Waals surface area contributed by atoms with Crippen molar-refractivity contribution in [1.82, 2.24) is 5.32 Å². The summed E-state index contributed by atoms with van der Waals surface area (Å²) >= 11 is 17.4. The molecule has 29 heavy (non-hydrogen) atoms. The van der Waals surface area contributed by atoms with E-state index in [0.717, 1.165) is 16.3 Å². The minimum atomic E-state index is -1.12. The van der Waals surface area contributed by atoms with Crippen LogP contribution in [0, 0.1) is 5.92 Å². The first-order valence-electron chi connectivity index (χ1n) is 8.74. The molecule has 0 aromatic heterocycles. The summed E-state index contributed by atoms with van der Waals surface area (Å²) in [6, 6.07) is 16.5. The van der Waals surface area contributed by atoms with Crippen molar-refractivity contribution in [2.75, 3.05) is 5.32 Å². The van der Waals surface area contributed by atoms with Gasteiger partial charge in [0.1, 0.15) is 5.92 Å². The van der Waals surface area contributed by atoms with Gasteiger partial charge in [-0.2, -0.15) is 0 Å². The highest BCUT2D eigenvalue weighted by Crippen LogP contribution is 2.46. The fourth-order valence-electron chi connectivity index (χ4n) is 3.83. The van der Waals surface area contributed by atoms with E-state index in [1.54, 1.807) is 18.2 Å². The van der Waals surface area contributed by atoms with Crippen LogP contribution in [0.25, 0.3) is 10.8 Å². The van der Waals surface area contributed by atoms with Gasteiger partial charge in [-0.25, -0.2) is 0 Å². The molecule has 4 rings (SSSR count). The van der Waals surface area contributed by atoms with Gasteiger partial charge < -0.3 is 16.4 Å². The smallest absolute Gasteiger partial charge is 0.239 e. The minimum absolute atomic E-state index is 0.201. The Morgan fingerprint density at radius 3 is 2.59 bits per heavy atom. The summed E-state index contributed by atoms with van der Waals surface area (Å²) < 4.78 is 0. The largest absolute Gasteiger partial charge is 0.376 e. The van der Waals surface area contributed by atoms with Crippen LogP contribution in [0.1, 0.15) is 17.0 Å². The number of halogens is 2. The molecule has 4 N–H and O–H groups in total. The Morgan fingerprint density at radius 1 is 1.10 bits per heavy atom. The molecule has 0 saturated heterocycles. The van der Waals surface area contributed by atoms with Crippen LogP contribution in [0.3, 0.4) is 0 Å². The maximum Gasteiger partial charge on any atom is 0.239 e. The maximum absolute atomic E-state index is 13.0. The molecule has 1 aliphatic rings. The molecule has 2 unspecified atom stereocenters. The molecule has 1 heterocycles. The molecule has 1 aliphatic heterocycles. The third-order valence-electron chi connectivity index (χ3n) is 4.98. The molecule has 0 aliphatic carbocycles. The van der Waals surface area contributed by atoms with E-state index in [-0.39, 0.29) is 5.11 Å². The summed E-state index contributed by atoms with van der Waals surface area (Å²) in [5.74, 6) is -2.82. The Morgan fingerprint density at radius 2 is 1.86 bits per heavy atom. The number of benzene rings is 3. The summed E-state index contributed by atoms with van der Waals surface area (Å²) in [7, 11) is 0. The van der Waals surface area contributed by atoms with Gasteiger partial charge in [0.25, 0.3) is 0 Å². The number of carbonyl (C=O) groups is 2. The molecule has 8 heteroatoms. The van der Waals surface area contributed by atoms with Crippen LogP contribution in [0.15, 0.2) is 54.6 Å². The molecule has 5 nitrogen and oxygen atoms in total. The molecular weight excluding hydrogens is 429 g/mol. The summed E-state index contributed by atoms with van der Waals surface area (Å²) in [5.41, 5.74) is 7.54. The Balaban J connectivity index is 2.01. The van der Waals surface area contributed by atoms with E-state index in [2.05, 4.69) is 10.6 Å². The summed E-state index contributed by atoms with van der Waals surface area (Å²) in [4.78, 5) is 25.9. The van der Waals surface area contributed by atoms with Crippen molar-refractivity contribution >= 4 is 68.8 Å². The van der Waals surface area contributed by atoms with Crippen LogP contribution in [0.2, 0.25) is 10.0 Å². The predicted molar refractivity (Wildman–Crippen MR) is 119 cm³/mol. The van der Waals surface area contributed by atoms with Gasteiger partial charge in [0.15, 0.2) is 5.11 Å². The second-order valence-corrected chi connectivity index (χ2v) is 8.00. The van der Waals surface area contributed by atoms with E-state index < -0.39 is 23.7 Å². The Bertz CT molecular complexity index is 1180. The molecule has 146 valence electrons. The molecule has 0 spiro atoms. The molecule has 3 aromatic rings. The van der Waals surface area contributed by atoms with Crippen LogP contribution < -0.4 is 16.4 Å². The zero-order valence-corrected chi connectivity index (χ0v) is 17.2. The zero-order valence-electron chi connectivity index (χ0n) is 14.9. The van der Waals surface area contributed by atoms with Crippen LogP contribution >= 0.6 is 35.4 Å². The highest BCUT2D eigenvalue weighted by atomic mass is 35.5. The number of nitrogens with two attached hydrogens (primary N) is 1. The first-order valence-corrected chi connectivity index (χ1v) is 9.91. The Labute approximate surface area is 182 Å². The van der Waals surface area contributed by atoms with Gasteiger partial charge >= 0.3 is 0 Å².